The molecule has 0 aliphatic rings. The highest BCUT2D eigenvalue weighted by molar-refractivity contribution is 6.30. The van der Waals surface area contributed by atoms with Gasteiger partial charge in [-0.05, 0) is 54.8 Å². The van der Waals surface area contributed by atoms with Crippen molar-refractivity contribution in [3.8, 4) is 0 Å². The lowest BCUT2D eigenvalue weighted by Crippen LogP contribution is -2.44. The molecule has 1 heterocycles. The Bertz CT molecular complexity index is 1050. The molecule has 2 amide bonds. The fraction of sp³-hybridized carbons (Fsp3) is 0.250. The minimum atomic E-state index is -0.704. The van der Waals surface area contributed by atoms with E-state index in [4.69, 9.17) is 11.6 Å². The monoisotopic (exact) mass is 400 g/mol. The van der Waals surface area contributed by atoms with Gasteiger partial charge in [0.05, 0.1) is 11.0 Å². The summed E-state index contributed by atoms with van der Waals surface area (Å²) in [5, 5.41) is 6.12. The molecule has 0 fully saturated rings. The number of rotatable bonds is 6. The molecule has 0 spiro atoms. The topological polar surface area (TPSA) is 107 Å². The van der Waals surface area contributed by atoms with Crippen molar-refractivity contribution in [2.24, 2.45) is 5.92 Å². The zero-order valence-corrected chi connectivity index (χ0v) is 16.3. The Labute approximate surface area is 166 Å². The van der Waals surface area contributed by atoms with Crippen molar-refractivity contribution in [1.29, 1.82) is 0 Å². The largest absolute Gasteiger partial charge is 0.340 e. The SMILES string of the molecule is CC(C)CC(NC(=O)c1ccc(Cl)cc1)C(=O)Nc1ccc2[nH]c(=O)[nH]c2c1. The van der Waals surface area contributed by atoms with Crippen LogP contribution in [0.2, 0.25) is 5.02 Å². The van der Waals surface area contributed by atoms with E-state index < -0.39 is 6.04 Å². The Kier molecular flexibility index (Phi) is 5.84. The molecule has 0 saturated carbocycles. The summed E-state index contributed by atoms with van der Waals surface area (Å²) in [5.41, 5.74) is 1.89. The standard InChI is InChI=1S/C20H21ClN4O3/c1-11(2)9-17(23-18(26)12-3-5-13(21)6-4-12)19(27)22-14-7-8-15-16(10-14)25-20(28)24-15/h3-8,10-11,17H,9H2,1-2H3,(H,22,27)(H,23,26)(H2,24,25,28). The van der Waals surface area contributed by atoms with Gasteiger partial charge < -0.3 is 20.6 Å². The van der Waals surface area contributed by atoms with Gasteiger partial charge in [-0.25, -0.2) is 4.79 Å². The van der Waals surface area contributed by atoms with Gasteiger partial charge in [0.1, 0.15) is 6.04 Å². The van der Waals surface area contributed by atoms with Crippen LogP contribution in [0.4, 0.5) is 5.69 Å². The Morgan fingerprint density at radius 3 is 2.39 bits per heavy atom. The smallest absolute Gasteiger partial charge is 0.323 e. The number of benzene rings is 2. The molecule has 0 bridgehead atoms. The summed E-state index contributed by atoms with van der Waals surface area (Å²) in [6, 6.07) is 10.8. The van der Waals surface area contributed by atoms with E-state index in [1.54, 1.807) is 42.5 Å². The van der Waals surface area contributed by atoms with Gasteiger partial charge in [-0.2, -0.15) is 0 Å². The van der Waals surface area contributed by atoms with Crippen molar-refractivity contribution in [3.63, 3.8) is 0 Å². The third-order valence-electron chi connectivity index (χ3n) is 4.22. The van der Waals surface area contributed by atoms with Crippen LogP contribution in [-0.2, 0) is 4.79 Å². The molecule has 146 valence electrons. The number of aromatic nitrogens is 2. The Hall–Kier alpha value is -3.06. The van der Waals surface area contributed by atoms with E-state index in [2.05, 4.69) is 20.6 Å². The first-order chi connectivity index (χ1) is 13.3. The maximum Gasteiger partial charge on any atom is 0.323 e. The van der Waals surface area contributed by atoms with Crippen LogP contribution in [0, 0.1) is 5.92 Å². The molecule has 1 atom stereocenters. The lowest BCUT2D eigenvalue weighted by molar-refractivity contribution is -0.118. The van der Waals surface area contributed by atoms with Crippen molar-refractivity contribution >= 4 is 40.1 Å². The van der Waals surface area contributed by atoms with E-state index in [9.17, 15) is 14.4 Å². The van der Waals surface area contributed by atoms with E-state index in [1.807, 2.05) is 13.8 Å². The zero-order chi connectivity index (χ0) is 20.3. The molecule has 1 unspecified atom stereocenters. The number of anilines is 1. The van der Waals surface area contributed by atoms with Crippen molar-refractivity contribution in [2.75, 3.05) is 5.32 Å². The average Bonchev–Trinajstić information content (AvgIpc) is 3.00. The summed E-state index contributed by atoms with van der Waals surface area (Å²) in [6.45, 7) is 3.96. The number of fused-ring (bicyclic) bond motifs is 1. The number of carbonyl (C=O) groups excluding carboxylic acids is 2. The maximum absolute atomic E-state index is 12.8. The number of aromatic amines is 2. The predicted molar refractivity (Wildman–Crippen MR) is 110 cm³/mol. The summed E-state index contributed by atoms with van der Waals surface area (Å²) in [4.78, 5) is 42.0. The number of imidazole rings is 1. The van der Waals surface area contributed by atoms with E-state index >= 15 is 0 Å². The molecule has 4 N–H and O–H groups in total. The first-order valence-corrected chi connectivity index (χ1v) is 9.29. The van der Waals surface area contributed by atoms with Crippen LogP contribution < -0.4 is 16.3 Å². The number of hydrogen-bond donors (Lipinski definition) is 4. The number of nitrogens with one attached hydrogen (secondary N) is 4. The van der Waals surface area contributed by atoms with Gasteiger partial charge in [0.25, 0.3) is 5.91 Å². The number of H-pyrrole nitrogens is 2. The first-order valence-electron chi connectivity index (χ1n) is 8.91. The van der Waals surface area contributed by atoms with Crippen LogP contribution in [0.1, 0.15) is 30.6 Å². The fourth-order valence-electron chi connectivity index (χ4n) is 2.89. The van der Waals surface area contributed by atoms with Gasteiger partial charge in [0, 0.05) is 16.3 Å². The lowest BCUT2D eigenvalue weighted by Gasteiger charge is -2.20. The van der Waals surface area contributed by atoms with E-state index in [0.717, 1.165) is 0 Å². The molecule has 3 rings (SSSR count). The second-order valence-electron chi connectivity index (χ2n) is 6.99. The highest BCUT2D eigenvalue weighted by atomic mass is 35.5. The van der Waals surface area contributed by atoms with Gasteiger partial charge in [0.2, 0.25) is 5.91 Å². The highest BCUT2D eigenvalue weighted by Crippen LogP contribution is 2.16. The number of halogens is 1. The summed E-state index contributed by atoms with van der Waals surface area (Å²) in [7, 11) is 0. The first kappa shape index (κ1) is 19.7. The molecular formula is C20H21ClN4O3. The van der Waals surface area contributed by atoms with Gasteiger partial charge >= 0.3 is 5.69 Å². The quantitative estimate of drug-likeness (QED) is 0.510. The second-order valence-corrected chi connectivity index (χ2v) is 7.43. The molecule has 7 nitrogen and oxygen atoms in total. The second kappa shape index (κ2) is 8.31. The molecule has 2 aromatic carbocycles. The molecule has 0 aliphatic heterocycles. The molecule has 0 saturated heterocycles. The van der Waals surface area contributed by atoms with Crippen molar-refractivity contribution < 1.29 is 9.59 Å². The fourth-order valence-corrected chi connectivity index (χ4v) is 3.01. The average molecular weight is 401 g/mol. The van der Waals surface area contributed by atoms with Crippen LogP contribution in [0.15, 0.2) is 47.3 Å². The van der Waals surface area contributed by atoms with Crippen LogP contribution in [0.3, 0.4) is 0 Å². The number of amides is 2. The van der Waals surface area contributed by atoms with Crippen molar-refractivity contribution in [3.05, 3.63) is 63.5 Å². The van der Waals surface area contributed by atoms with Crippen LogP contribution in [0.25, 0.3) is 11.0 Å². The highest BCUT2D eigenvalue weighted by Gasteiger charge is 2.23. The normalized spacial score (nSPS) is 12.1. The summed E-state index contributed by atoms with van der Waals surface area (Å²) in [6.07, 6.45) is 0.481. The van der Waals surface area contributed by atoms with E-state index in [1.165, 1.54) is 0 Å². The Morgan fingerprint density at radius 1 is 1.04 bits per heavy atom. The maximum atomic E-state index is 12.8. The van der Waals surface area contributed by atoms with Crippen LogP contribution >= 0.6 is 11.6 Å². The minimum absolute atomic E-state index is 0.199. The summed E-state index contributed by atoms with van der Waals surface area (Å²) >= 11 is 5.85. The number of carbonyl (C=O) groups is 2. The van der Waals surface area contributed by atoms with Crippen LogP contribution in [0.5, 0.6) is 0 Å². The molecule has 8 heteroatoms. The summed E-state index contributed by atoms with van der Waals surface area (Å²) in [5.74, 6) is -0.471. The Balaban J connectivity index is 1.75. The van der Waals surface area contributed by atoms with Gasteiger partial charge in [0.15, 0.2) is 0 Å². The molecule has 3 aromatic rings. The van der Waals surface area contributed by atoms with E-state index in [0.29, 0.717) is 33.7 Å². The third-order valence-corrected chi connectivity index (χ3v) is 4.47. The van der Waals surface area contributed by atoms with Gasteiger partial charge in [-0.1, -0.05) is 25.4 Å². The third kappa shape index (κ3) is 4.80. The molecule has 0 aliphatic carbocycles. The van der Waals surface area contributed by atoms with Crippen molar-refractivity contribution in [1.82, 2.24) is 15.3 Å². The minimum Gasteiger partial charge on any atom is -0.340 e. The summed E-state index contributed by atoms with van der Waals surface area (Å²) < 4.78 is 0. The predicted octanol–water partition coefficient (Wildman–Crippen LogP) is 3.29. The van der Waals surface area contributed by atoms with Crippen molar-refractivity contribution in [2.45, 2.75) is 26.3 Å². The molecule has 0 radical (unpaired) electrons. The van der Waals surface area contributed by atoms with Crippen LogP contribution in [-0.4, -0.2) is 27.8 Å². The lowest BCUT2D eigenvalue weighted by atomic mass is 10.0. The zero-order valence-electron chi connectivity index (χ0n) is 15.5. The number of hydrogen-bond acceptors (Lipinski definition) is 3. The molecular weight excluding hydrogens is 380 g/mol. The molecule has 1 aromatic heterocycles. The van der Waals surface area contributed by atoms with Gasteiger partial charge in [-0.3, -0.25) is 9.59 Å². The van der Waals surface area contributed by atoms with Gasteiger partial charge in [-0.15, -0.1) is 0 Å². The molecule has 28 heavy (non-hydrogen) atoms. The Morgan fingerprint density at radius 2 is 1.71 bits per heavy atom. The van der Waals surface area contributed by atoms with E-state index in [-0.39, 0.29) is 23.4 Å².